The Kier molecular flexibility index (Phi) is 7.13. The Morgan fingerprint density at radius 2 is 1.93 bits per heavy atom. The lowest BCUT2D eigenvalue weighted by Crippen LogP contribution is -2.24. The maximum Gasteiger partial charge on any atom is 0.273 e. The maximum atomic E-state index is 12.3. The fourth-order valence-corrected chi connectivity index (χ4v) is 3.17. The molecule has 0 radical (unpaired) electrons. The lowest BCUT2D eigenvalue weighted by molar-refractivity contribution is 0.0946. The van der Waals surface area contributed by atoms with Gasteiger partial charge >= 0.3 is 0 Å². The number of methoxy groups -OCH3 is 1. The molecule has 1 N–H and O–H groups in total. The van der Waals surface area contributed by atoms with Gasteiger partial charge in [-0.05, 0) is 61.3 Å². The second-order valence-corrected chi connectivity index (χ2v) is 7.32. The van der Waals surface area contributed by atoms with Crippen LogP contribution >= 0.6 is 0 Å². The number of hydrogen-bond donors (Lipinski definition) is 1. The van der Waals surface area contributed by atoms with Crippen LogP contribution in [-0.4, -0.2) is 51.5 Å². The third-order valence-electron chi connectivity index (χ3n) is 5.19. The molecule has 0 aliphatic rings. The van der Waals surface area contributed by atoms with Crippen molar-refractivity contribution in [3.05, 3.63) is 70.8 Å². The van der Waals surface area contributed by atoms with Crippen LogP contribution in [0.3, 0.4) is 0 Å². The Hall–Kier alpha value is -3.26. The molecule has 3 rings (SSSR count). The zero-order valence-electron chi connectivity index (χ0n) is 17.9. The molecule has 0 aliphatic heterocycles. The maximum absolute atomic E-state index is 12.3. The summed E-state index contributed by atoms with van der Waals surface area (Å²) in [5.41, 5.74) is 4.98. The molecule has 3 aromatic rings. The number of nitrogens with zero attached hydrogens (tertiary/aromatic N) is 5. The van der Waals surface area contributed by atoms with Crippen molar-refractivity contribution < 1.29 is 9.53 Å². The van der Waals surface area contributed by atoms with Crippen LogP contribution in [0.2, 0.25) is 0 Å². The summed E-state index contributed by atoms with van der Waals surface area (Å²) in [6, 6.07) is 7.84. The molecule has 0 aliphatic carbocycles. The first-order valence-electron chi connectivity index (χ1n) is 9.86. The third-order valence-corrected chi connectivity index (χ3v) is 5.19. The Morgan fingerprint density at radius 3 is 2.67 bits per heavy atom. The minimum absolute atomic E-state index is 0.240. The van der Waals surface area contributed by atoms with Crippen LogP contribution in [0.25, 0.3) is 0 Å². The Bertz CT molecular complexity index is 987. The lowest BCUT2D eigenvalue weighted by Gasteiger charge is -2.19. The van der Waals surface area contributed by atoms with E-state index in [1.54, 1.807) is 30.4 Å². The third kappa shape index (κ3) is 5.42. The molecular weight excluding hydrogens is 380 g/mol. The number of benzene rings is 1. The molecule has 1 amide bonds. The molecule has 0 atom stereocenters. The zero-order chi connectivity index (χ0) is 21.5. The normalized spacial score (nSPS) is 11.0. The van der Waals surface area contributed by atoms with Gasteiger partial charge in [-0.3, -0.25) is 14.5 Å². The van der Waals surface area contributed by atoms with Gasteiger partial charge < -0.3 is 15.0 Å². The highest BCUT2D eigenvalue weighted by molar-refractivity contribution is 5.91. The molecule has 0 spiro atoms. The number of ether oxygens (including phenoxy) is 1. The molecule has 8 heteroatoms. The number of hydrogen-bond acceptors (Lipinski definition) is 6. The first-order valence-corrected chi connectivity index (χ1v) is 9.86. The molecule has 30 heavy (non-hydrogen) atoms. The van der Waals surface area contributed by atoms with E-state index in [9.17, 15) is 4.79 Å². The average Bonchev–Trinajstić information content (AvgIpc) is 3.24. The van der Waals surface area contributed by atoms with Gasteiger partial charge in [0.15, 0.2) is 5.69 Å². The van der Waals surface area contributed by atoms with E-state index in [0.717, 1.165) is 24.4 Å². The van der Waals surface area contributed by atoms with Gasteiger partial charge in [-0.2, -0.15) is 0 Å². The minimum Gasteiger partial charge on any atom is -0.496 e. The quantitative estimate of drug-likeness (QED) is 0.585. The van der Waals surface area contributed by atoms with Crippen molar-refractivity contribution in [2.45, 2.75) is 33.5 Å². The van der Waals surface area contributed by atoms with Crippen molar-refractivity contribution in [2.75, 3.05) is 20.7 Å². The predicted octanol–water partition coefficient (Wildman–Crippen LogP) is 2.36. The Balaban J connectivity index is 1.50. The Morgan fingerprint density at radius 1 is 1.17 bits per heavy atom. The van der Waals surface area contributed by atoms with Crippen molar-refractivity contribution in [1.29, 1.82) is 0 Å². The number of carbonyl (C=O) groups is 1. The predicted molar refractivity (Wildman–Crippen MR) is 114 cm³/mol. The van der Waals surface area contributed by atoms with E-state index in [4.69, 9.17) is 4.74 Å². The second-order valence-electron chi connectivity index (χ2n) is 7.32. The summed E-state index contributed by atoms with van der Waals surface area (Å²) >= 11 is 0. The highest BCUT2D eigenvalue weighted by Crippen LogP contribution is 2.24. The lowest BCUT2D eigenvalue weighted by atomic mass is 10.0. The van der Waals surface area contributed by atoms with Gasteiger partial charge in [0.05, 0.1) is 19.9 Å². The fourth-order valence-electron chi connectivity index (χ4n) is 3.17. The van der Waals surface area contributed by atoms with Crippen LogP contribution in [-0.2, 0) is 19.6 Å². The van der Waals surface area contributed by atoms with Crippen LogP contribution in [0.5, 0.6) is 5.75 Å². The molecule has 0 bridgehead atoms. The van der Waals surface area contributed by atoms with Gasteiger partial charge in [-0.15, -0.1) is 5.10 Å². The fraction of sp³-hybridized carbons (Fsp3) is 0.364. The van der Waals surface area contributed by atoms with E-state index in [1.165, 1.54) is 16.7 Å². The number of carbonyl (C=O) groups excluding carboxylic acids is 1. The number of nitrogens with one attached hydrogen (secondary N) is 1. The molecule has 2 heterocycles. The summed E-state index contributed by atoms with van der Waals surface area (Å²) in [6.07, 6.45) is 5.07. The summed E-state index contributed by atoms with van der Waals surface area (Å²) in [5, 5.41) is 10.9. The van der Waals surface area contributed by atoms with E-state index in [1.807, 2.05) is 18.2 Å². The van der Waals surface area contributed by atoms with Crippen molar-refractivity contribution in [3.8, 4) is 5.75 Å². The van der Waals surface area contributed by atoms with Crippen LogP contribution in [0, 0.1) is 13.8 Å². The van der Waals surface area contributed by atoms with Gasteiger partial charge in [-0.1, -0.05) is 11.3 Å². The number of amides is 1. The van der Waals surface area contributed by atoms with Crippen LogP contribution in [0.4, 0.5) is 0 Å². The number of pyridine rings is 1. The molecule has 8 nitrogen and oxygen atoms in total. The van der Waals surface area contributed by atoms with E-state index < -0.39 is 0 Å². The molecule has 1 aromatic carbocycles. The smallest absolute Gasteiger partial charge is 0.273 e. The molecule has 0 saturated carbocycles. The van der Waals surface area contributed by atoms with Crippen molar-refractivity contribution in [2.24, 2.45) is 0 Å². The van der Waals surface area contributed by atoms with Gasteiger partial charge in [0.2, 0.25) is 0 Å². The number of rotatable bonds is 9. The van der Waals surface area contributed by atoms with E-state index >= 15 is 0 Å². The average molecular weight is 409 g/mol. The van der Waals surface area contributed by atoms with Gasteiger partial charge in [0.1, 0.15) is 5.75 Å². The number of likely N-dealkylation sites (N-methyl/N-ethyl adjacent to an activating group) is 1. The standard InChI is InChI=1S/C22H28N6O2/c1-16-17(2)21(30-4)6-5-19(16)14-27(3)11-12-28-15-20(25-26-28)22(29)24-13-18-7-9-23-10-8-18/h5-10,15H,11-14H2,1-4H3,(H,24,29). The number of aromatic nitrogens is 4. The summed E-state index contributed by atoms with van der Waals surface area (Å²) in [5.74, 6) is 0.673. The highest BCUT2D eigenvalue weighted by atomic mass is 16.5. The summed E-state index contributed by atoms with van der Waals surface area (Å²) < 4.78 is 7.09. The van der Waals surface area contributed by atoms with E-state index in [0.29, 0.717) is 18.8 Å². The minimum atomic E-state index is -0.240. The molecular formula is C22H28N6O2. The van der Waals surface area contributed by atoms with Crippen molar-refractivity contribution in [1.82, 2.24) is 30.2 Å². The van der Waals surface area contributed by atoms with Gasteiger partial charge in [0.25, 0.3) is 5.91 Å². The highest BCUT2D eigenvalue weighted by Gasteiger charge is 2.12. The summed E-state index contributed by atoms with van der Waals surface area (Å²) in [6.45, 7) is 6.88. The van der Waals surface area contributed by atoms with Gasteiger partial charge in [-0.25, -0.2) is 0 Å². The molecule has 0 saturated heterocycles. The molecule has 0 unspecified atom stereocenters. The first kappa shape index (κ1) is 21.4. The SMILES string of the molecule is COc1ccc(CN(C)CCn2cc(C(=O)NCc3ccncc3)nn2)c(C)c1C. The van der Waals surface area contributed by atoms with Crippen LogP contribution < -0.4 is 10.1 Å². The van der Waals surface area contributed by atoms with Crippen molar-refractivity contribution >= 4 is 5.91 Å². The molecule has 0 fully saturated rings. The van der Waals surface area contributed by atoms with Crippen molar-refractivity contribution in [3.63, 3.8) is 0 Å². The largest absolute Gasteiger partial charge is 0.496 e. The van der Waals surface area contributed by atoms with Crippen LogP contribution in [0.1, 0.15) is 32.7 Å². The zero-order valence-corrected chi connectivity index (χ0v) is 17.9. The Labute approximate surface area is 176 Å². The van der Waals surface area contributed by atoms with E-state index in [-0.39, 0.29) is 5.91 Å². The summed E-state index contributed by atoms with van der Waals surface area (Å²) in [4.78, 5) is 18.5. The summed E-state index contributed by atoms with van der Waals surface area (Å²) in [7, 11) is 3.76. The topological polar surface area (TPSA) is 85.2 Å². The van der Waals surface area contributed by atoms with Crippen LogP contribution in [0.15, 0.2) is 42.9 Å². The second kappa shape index (κ2) is 9.98. The van der Waals surface area contributed by atoms with E-state index in [2.05, 4.69) is 52.5 Å². The van der Waals surface area contributed by atoms with Gasteiger partial charge in [0, 0.05) is 32.0 Å². The molecule has 158 valence electrons. The first-order chi connectivity index (χ1) is 14.5. The molecule has 2 aromatic heterocycles. The monoisotopic (exact) mass is 408 g/mol.